The van der Waals surface area contributed by atoms with Gasteiger partial charge in [0.1, 0.15) is 17.1 Å². The molecule has 2 aromatic heterocycles. The van der Waals surface area contributed by atoms with E-state index in [1.54, 1.807) is 0 Å². The van der Waals surface area contributed by atoms with E-state index in [0.29, 0.717) is 0 Å². The maximum atomic E-state index is 12.5. The van der Waals surface area contributed by atoms with Crippen LogP contribution >= 0.6 is 0 Å². The van der Waals surface area contributed by atoms with Gasteiger partial charge in [-0.05, 0) is 18.6 Å². The summed E-state index contributed by atoms with van der Waals surface area (Å²) in [6, 6.07) is 12.1. The first-order valence-electron chi connectivity index (χ1n) is 8.91. The molecule has 0 fully saturated rings. The summed E-state index contributed by atoms with van der Waals surface area (Å²) in [7, 11) is 0. The first-order valence-corrected chi connectivity index (χ1v) is 8.91. The molecular weight excluding hydrogens is 399 g/mol. The number of carbonyl (C=O) groups is 1. The number of hydrogen-bond donors (Lipinski definition) is 2. The highest BCUT2D eigenvalue weighted by Gasteiger charge is 2.29. The van der Waals surface area contributed by atoms with Crippen molar-refractivity contribution in [2.75, 3.05) is 17.2 Å². The summed E-state index contributed by atoms with van der Waals surface area (Å²) in [5.41, 5.74) is 1.04. The second kappa shape index (κ2) is 9.21. The first-order chi connectivity index (χ1) is 14.3. The average molecular weight is 417 g/mol. The Hall–Kier alpha value is -3.69. The molecule has 10 heteroatoms. The highest BCUT2D eigenvalue weighted by molar-refractivity contribution is 6.03. The van der Waals surface area contributed by atoms with Gasteiger partial charge in [-0.25, -0.2) is 9.97 Å². The quantitative estimate of drug-likeness (QED) is 0.598. The monoisotopic (exact) mass is 417 g/mol. The molecule has 1 aromatic carbocycles. The van der Waals surface area contributed by atoms with E-state index in [0.717, 1.165) is 5.56 Å². The minimum absolute atomic E-state index is 0.00229. The normalized spacial score (nSPS) is 12.1. The summed E-state index contributed by atoms with van der Waals surface area (Å²) in [4.78, 5) is 24.6. The average Bonchev–Trinajstić information content (AvgIpc) is 2.73. The molecule has 0 aliphatic rings. The summed E-state index contributed by atoms with van der Waals surface area (Å²) >= 11 is 0. The topological polar surface area (TPSA) is 89.0 Å². The predicted octanol–water partition coefficient (Wildman–Crippen LogP) is 4.24. The zero-order valence-electron chi connectivity index (χ0n) is 15.8. The molecule has 2 heterocycles. The van der Waals surface area contributed by atoms with E-state index >= 15 is 0 Å². The van der Waals surface area contributed by atoms with Gasteiger partial charge in [0.15, 0.2) is 6.61 Å². The van der Waals surface area contributed by atoms with Crippen LogP contribution < -0.4 is 15.4 Å². The maximum Gasteiger partial charge on any atom is 0.422 e. The second-order valence-electron chi connectivity index (χ2n) is 6.27. The van der Waals surface area contributed by atoms with Crippen LogP contribution in [0, 0.1) is 0 Å². The van der Waals surface area contributed by atoms with Gasteiger partial charge in [-0.15, -0.1) is 0 Å². The van der Waals surface area contributed by atoms with Crippen molar-refractivity contribution in [3.05, 3.63) is 72.3 Å². The molecular formula is C20H18F3N5O2. The minimum atomic E-state index is -4.51. The first kappa shape index (κ1) is 21.0. The Morgan fingerprint density at radius 1 is 1.13 bits per heavy atom. The van der Waals surface area contributed by atoms with Crippen molar-refractivity contribution in [1.29, 1.82) is 0 Å². The molecule has 1 unspecified atom stereocenters. The van der Waals surface area contributed by atoms with Crippen LogP contribution in [0.3, 0.4) is 0 Å². The van der Waals surface area contributed by atoms with Crippen LogP contribution in [-0.2, 0) is 0 Å². The number of aromatic nitrogens is 3. The van der Waals surface area contributed by atoms with Crippen LogP contribution in [0.4, 0.5) is 24.8 Å². The van der Waals surface area contributed by atoms with E-state index in [-0.39, 0.29) is 29.1 Å². The zero-order valence-corrected chi connectivity index (χ0v) is 15.8. The molecule has 0 spiro atoms. The summed E-state index contributed by atoms with van der Waals surface area (Å²) in [5, 5.41) is 5.56. The molecule has 0 aliphatic carbocycles. The summed E-state index contributed by atoms with van der Waals surface area (Å²) < 4.78 is 42.0. The molecule has 0 saturated heterocycles. The summed E-state index contributed by atoms with van der Waals surface area (Å²) in [6.07, 6.45) is -0.639. The van der Waals surface area contributed by atoms with E-state index in [9.17, 15) is 18.0 Å². The lowest BCUT2D eigenvalue weighted by Gasteiger charge is -2.15. The molecule has 0 radical (unpaired) electrons. The number of anilines is 2. The Kier molecular flexibility index (Phi) is 6.45. The third-order valence-electron chi connectivity index (χ3n) is 3.95. The SMILES string of the molecule is CC(Nc1nccc(C(=O)Nc2cnccc2OCC(F)(F)F)n1)c1ccccc1. The van der Waals surface area contributed by atoms with Gasteiger partial charge in [-0.3, -0.25) is 9.78 Å². The number of amides is 1. The van der Waals surface area contributed by atoms with Crippen LogP contribution in [0.15, 0.2) is 61.1 Å². The van der Waals surface area contributed by atoms with Crippen LogP contribution in [-0.4, -0.2) is 33.6 Å². The number of rotatable bonds is 7. The molecule has 0 saturated carbocycles. The van der Waals surface area contributed by atoms with Crippen molar-refractivity contribution >= 4 is 17.5 Å². The fraction of sp³-hybridized carbons (Fsp3) is 0.200. The number of carbonyl (C=O) groups excluding carboxylic acids is 1. The van der Waals surface area contributed by atoms with Crippen LogP contribution in [0.25, 0.3) is 0 Å². The van der Waals surface area contributed by atoms with E-state index in [4.69, 9.17) is 4.74 Å². The lowest BCUT2D eigenvalue weighted by Crippen LogP contribution is -2.21. The fourth-order valence-corrected chi connectivity index (χ4v) is 2.52. The summed E-state index contributed by atoms with van der Waals surface area (Å²) in [5.74, 6) is -0.558. The van der Waals surface area contributed by atoms with E-state index in [1.807, 2.05) is 37.3 Å². The van der Waals surface area contributed by atoms with Gasteiger partial charge < -0.3 is 15.4 Å². The predicted molar refractivity (Wildman–Crippen MR) is 104 cm³/mol. The Morgan fingerprint density at radius 3 is 2.63 bits per heavy atom. The number of benzene rings is 1. The van der Waals surface area contributed by atoms with Gasteiger partial charge in [0.25, 0.3) is 5.91 Å². The lowest BCUT2D eigenvalue weighted by atomic mass is 10.1. The second-order valence-corrected chi connectivity index (χ2v) is 6.27. The van der Waals surface area contributed by atoms with Crippen molar-refractivity contribution in [3.63, 3.8) is 0 Å². The maximum absolute atomic E-state index is 12.5. The van der Waals surface area contributed by atoms with Crippen molar-refractivity contribution in [2.45, 2.75) is 19.1 Å². The Balaban J connectivity index is 1.70. The van der Waals surface area contributed by atoms with Crippen molar-refractivity contribution < 1.29 is 22.7 Å². The van der Waals surface area contributed by atoms with Gasteiger partial charge in [0.05, 0.1) is 12.2 Å². The third kappa shape index (κ3) is 5.90. The highest BCUT2D eigenvalue weighted by atomic mass is 19.4. The lowest BCUT2D eigenvalue weighted by molar-refractivity contribution is -0.153. The number of pyridine rings is 1. The van der Waals surface area contributed by atoms with Gasteiger partial charge in [-0.1, -0.05) is 30.3 Å². The highest BCUT2D eigenvalue weighted by Crippen LogP contribution is 2.26. The largest absolute Gasteiger partial charge is 0.482 e. The van der Waals surface area contributed by atoms with E-state index < -0.39 is 18.7 Å². The molecule has 1 amide bonds. The van der Waals surface area contributed by atoms with Gasteiger partial charge in [0.2, 0.25) is 5.95 Å². The molecule has 0 aliphatic heterocycles. The third-order valence-corrected chi connectivity index (χ3v) is 3.95. The molecule has 3 aromatic rings. The van der Waals surface area contributed by atoms with Crippen molar-refractivity contribution in [1.82, 2.24) is 15.0 Å². The molecule has 3 rings (SSSR count). The smallest absolute Gasteiger partial charge is 0.422 e. The molecule has 156 valence electrons. The van der Waals surface area contributed by atoms with Crippen molar-refractivity contribution in [3.8, 4) is 5.75 Å². The van der Waals surface area contributed by atoms with Crippen LogP contribution in [0.2, 0.25) is 0 Å². The molecule has 0 bridgehead atoms. The number of ether oxygens (including phenoxy) is 1. The number of hydrogen-bond acceptors (Lipinski definition) is 6. The van der Waals surface area contributed by atoms with Gasteiger partial charge in [0, 0.05) is 18.5 Å². The van der Waals surface area contributed by atoms with Crippen LogP contribution in [0.5, 0.6) is 5.75 Å². The van der Waals surface area contributed by atoms with Crippen LogP contribution in [0.1, 0.15) is 29.0 Å². The van der Waals surface area contributed by atoms with E-state index in [2.05, 4.69) is 25.6 Å². The zero-order chi connectivity index (χ0) is 21.6. The number of nitrogens with zero attached hydrogens (tertiary/aromatic N) is 3. The fourth-order valence-electron chi connectivity index (χ4n) is 2.52. The van der Waals surface area contributed by atoms with Crippen molar-refractivity contribution in [2.24, 2.45) is 0 Å². The summed E-state index contributed by atoms with van der Waals surface area (Å²) in [6.45, 7) is 0.435. The Morgan fingerprint density at radius 2 is 1.90 bits per heavy atom. The molecule has 2 N–H and O–H groups in total. The Labute approximate surface area is 170 Å². The number of alkyl halides is 3. The molecule has 30 heavy (non-hydrogen) atoms. The standard InChI is InChI=1S/C20H18F3N5O2/c1-13(14-5-3-2-4-6-14)26-19-25-10-7-15(28-19)18(29)27-16-11-24-9-8-17(16)30-12-20(21,22)23/h2-11,13H,12H2,1H3,(H,27,29)(H,25,26,28). The van der Waals surface area contributed by atoms with Gasteiger partial charge in [-0.2, -0.15) is 13.2 Å². The minimum Gasteiger partial charge on any atom is -0.482 e. The number of halogens is 3. The Bertz CT molecular complexity index is 999. The van der Waals surface area contributed by atoms with E-state index in [1.165, 1.54) is 30.7 Å². The number of nitrogens with one attached hydrogen (secondary N) is 2. The molecule has 1 atom stereocenters. The molecule has 7 nitrogen and oxygen atoms in total. The van der Waals surface area contributed by atoms with Gasteiger partial charge >= 0.3 is 6.18 Å².